The third-order valence-corrected chi connectivity index (χ3v) is 20.1. The van der Waals surface area contributed by atoms with E-state index >= 15 is 8.78 Å². The Morgan fingerprint density at radius 1 is 0.420 bits per heavy atom. The SMILES string of the molecule is CCOC(=O)Cc1ccccc1N.CCOC(=O)Cc1ccccc1NC(=O)c1cc(Br)c2occc2c1F.CCOC(=O)Cc1ccccc1OC(=O)c1cc(-c2cccc(CN)c2)c2occc2c1F.Cl.NCc1cccc(-c2cc(C(=O)Oc3ccccc3CC(=O)O)c(F)c3ccoc23)c1.NCc1cccc(B(O)O)c1.O=C(O)c1cc(Br)c2occc2c1F.[Li+].[OH-]. The van der Waals surface area contributed by atoms with E-state index in [1.165, 1.54) is 85.7 Å². The number of rotatable bonds is 24. The number of carboxylic acids is 2. The molecule has 0 atom stereocenters. The molecule has 0 bridgehead atoms. The van der Waals surface area contributed by atoms with Crippen molar-refractivity contribution in [1.82, 2.24) is 0 Å². The van der Waals surface area contributed by atoms with Crippen LogP contribution in [0.1, 0.15) is 101 Å². The van der Waals surface area contributed by atoms with Crippen molar-refractivity contribution in [3.8, 4) is 33.8 Å². The molecule has 674 valence electrons. The fourth-order valence-electron chi connectivity index (χ4n) is 12.8. The van der Waals surface area contributed by atoms with Crippen LogP contribution in [0.25, 0.3) is 66.1 Å². The van der Waals surface area contributed by atoms with Gasteiger partial charge in [0.1, 0.15) is 45.9 Å². The van der Waals surface area contributed by atoms with Gasteiger partial charge in [0.05, 0.1) is 123 Å². The molecule has 0 saturated heterocycles. The molecule has 131 heavy (non-hydrogen) atoms. The maximum absolute atomic E-state index is 15.3. The van der Waals surface area contributed by atoms with Gasteiger partial charge in [-0.15, -0.1) is 12.4 Å². The number of nitrogens with two attached hydrogens (primary N) is 4. The Labute approximate surface area is 781 Å². The summed E-state index contributed by atoms with van der Waals surface area (Å²) in [6.07, 6.45) is 5.24. The average Bonchev–Trinajstić information content (AvgIpc) is 1.72. The molecule has 0 radical (unpaired) electrons. The molecule has 0 aliphatic carbocycles. The summed E-state index contributed by atoms with van der Waals surface area (Å²) in [6.45, 7) is 7.21. The molecule has 0 fully saturated rings. The van der Waals surface area contributed by atoms with Crippen LogP contribution >= 0.6 is 44.3 Å². The number of nitrogens with one attached hydrogen (secondary N) is 1. The van der Waals surface area contributed by atoms with Crippen molar-refractivity contribution >= 4 is 160 Å². The van der Waals surface area contributed by atoms with Crippen LogP contribution in [0, 0.1) is 23.3 Å². The fraction of sp³-hybridized carbons (Fsp3) is 0.137. The summed E-state index contributed by atoms with van der Waals surface area (Å²) in [4.78, 5) is 95.0. The number of fused-ring (bicyclic) bond motifs is 4. The van der Waals surface area contributed by atoms with Gasteiger partial charge in [-0.3, -0.25) is 24.0 Å². The first-order valence-electron chi connectivity index (χ1n) is 39.2. The van der Waals surface area contributed by atoms with Crippen LogP contribution in [-0.2, 0) is 78.7 Å². The summed E-state index contributed by atoms with van der Waals surface area (Å²) in [6, 6.07) is 59.7. The number of amides is 1. The molecule has 14 N–H and O–H groups in total. The summed E-state index contributed by atoms with van der Waals surface area (Å²) in [5.41, 5.74) is 31.6. The maximum atomic E-state index is 15.3. The first kappa shape index (κ1) is 105. The van der Waals surface area contributed by atoms with E-state index in [4.69, 9.17) is 84.5 Å². The molecule has 15 aromatic rings. The summed E-state index contributed by atoms with van der Waals surface area (Å²) in [5.74, 6) is -8.64. The zero-order valence-corrected chi connectivity index (χ0v) is 74.4. The van der Waals surface area contributed by atoms with E-state index in [1.54, 1.807) is 106 Å². The van der Waals surface area contributed by atoms with Crippen molar-refractivity contribution in [1.29, 1.82) is 0 Å². The molecule has 11 aromatic carbocycles. The molecule has 1 amide bonds. The summed E-state index contributed by atoms with van der Waals surface area (Å²) in [7, 11) is -1.40. The van der Waals surface area contributed by atoms with Gasteiger partial charge in [0.15, 0.2) is 11.2 Å². The standard InChI is InChI=1S/C26H22FNO5.C24H18FNO5.C19H15BrFNO4.C10H13NO2.C9H4BrFO3.C7H10BNO2.ClH.Li.H2O/c1-2-31-23(29)13-18-7-3-4-9-22(18)33-26(30)21-14-20(17-8-5-6-16(12-17)15-28)25-19(24(21)27)10-11-32-25;25-22-17-8-9-30-23(17)18(15-6-3-4-14(10-15)13-26)12-19(22)24(29)31-20-7-2-1-5-16(20)11-21(27)28;1-2-25-16(23)9-11-5-3-4-6-15(11)22-19(24)13-10-14(20)18-12(17(13)21)7-8-26-18;1-2-13-10(12)7-8-5-3-4-6-9(8)11;10-6-3-5(9(12)13)7(11)4-1-2-14-8(4)6;9-5-6-2-1-3-7(4-6)8(10)11;;;/h3-12,14H,2,13,15,28H2,1H3;1-10,12H,11,13,26H2,(H,27,28);3-8,10H,2,9H2,1H3,(H,22,24);3-6H,2,7,11H2,1H3;1-3H,(H,12,13);1-4,10-11H,5,9H2;1H;;1H2/q;;;;;;;+1;/p-1. The molecule has 0 spiro atoms. The number of carbonyl (C=O) groups excluding carboxylic acids is 6. The first-order chi connectivity index (χ1) is 61.6. The van der Waals surface area contributed by atoms with Crippen molar-refractivity contribution in [2.75, 3.05) is 30.9 Å². The maximum Gasteiger partial charge on any atom is 1.00 e. The van der Waals surface area contributed by atoms with Crippen LogP contribution < -0.4 is 62.0 Å². The van der Waals surface area contributed by atoms with Crippen LogP contribution in [-0.4, -0.2) is 100 Å². The van der Waals surface area contributed by atoms with E-state index < -0.39 is 72.1 Å². The number of hydrogen-bond donors (Lipinski definition) is 9. The number of para-hydroxylation sites is 4. The molecule has 36 heteroatoms. The van der Waals surface area contributed by atoms with Gasteiger partial charge >= 0.3 is 67.8 Å². The number of carbonyl (C=O) groups is 8. The van der Waals surface area contributed by atoms with E-state index in [0.29, 0.717) is 108 Å². The Bertz CT molecular complexity index is 6550. The number of ether oxygens (including phenoxy) is 5. The Morgan fingerprint density at radius 2 is 0.779 bits per heavy atom. The van der Waals surface area contributed by atoms with Crippen LogP contribution in [0.5, 0.6) is 11.5 Å². The molecule has 0 aliphatic rings. The fourth-order valence-corrected chi connectivity index (χ4v) is 13.8. The summed E-state index contributed by atoms with van der Waals surface area (Å²) < 4.78 is 106. The first-order valence-corrected chi connectivity index (χ1v) is 40.8. The van der Waals surface area contributed by atoms with E-state index in [9.17, 15) is 47.1 Å². The average molecular weight is 1940 g/mol. The molecule has 27 nitrogen and oxygen atoms in total. The third-order valence-electron chi connectivity index (χ3n) is 18.9. The van der Waals surface area contributed by atoms with E-state index in [-0.39, 0.29) is 137 Å². The minimum absolute atomic E-state index is 0. The van der Waals surface area contributed by atoms with Crippen molar-refractivity contribution in [2.45, 2.75) is 66.1 Å². The molecule has 0 unspecified atom stereocenters. The van der Waals surface area contributed by atoms with Crippen molar-refractivity contribution in [2.24, 2.45) is 17.2 Å². The minimum Gasteiger partial charge on any atom is -0.870 e. The smallest absolute Gasteiger partial charge is 0.870 e. The predicted octanol–water partition coefficient (Wildman–Crippen LogP) is 14.7. The van der Waals surface area contributed by atoms with Gasteiger partial charge in [0.2, 0.25) is 0 Å². The Kier molecular flexibility index (Phi) is 40.3. The predicted molar refractivity (Wildman–Crippen MR) is 487 cm³/mol. The van der Waals surface area contributed by atoms with Crippen LogP contribution in [0.3, 0.4) is 0 Å². The number of carboxylic acid groups (broad SMARTS) is 2. The van der Waals surface area contributed by atoms with Gasteiger partial charge < -0.3 is 95.3 Å². The van der Waals surface area contributed by atoms with Gasteiger partial charge in [-0.25, -0.2) is 31.9 Å². The Hall–Kier alpha value is -13.5. The van der Waals surface area contributed by atoms with Crippen LogP contribution in [0.4, 0.5) is 28.9 Å². The second kappa shape index (κ2) is 50.5. The third kappa shape index (κ3) is 27.6. The molecule has 15 rings (SSSR count). The second-order valence-corrected chi connectivity index (χ2v) is 29.1. The normalized spacial score (nSPS) is 10.4. The molecule has 4 heterocycles. The zero-order chi connectivity index (χ0) is 92.3. The molecule has 0 saturated carbocycles. The molecule has 4 aromatic heterocycles. The number of esters is 5. The van der Waals surface area contributed by atoms with E-state index in [2.05, 4.69) is 37.2 Å². The van der Waals surface area contributed by atoms with E-state index in [1.807, 2.05) is 72.8 Å². The van der Waals surface area contributed by atoms with Crippen molar-refractivity contribution < 1.29 is 142 Å². The van der Waals surface area contributed by atoms with Gasteiger partial charge in [-0.1, -0.05) is 133 Å². The number of halogens is 7. The topological polar surface area (TPSA) is 462 Å². The molecular weight excluding hydrogens is 1850 g/mol. The van der Waals surface area contributed by atoms with Gasteiger partial charge in [0.25, 0.3) is 5.91 Å². The van der Waals surface area contributed by atoms with Crippen molar-refractivity contribution in [3.63, 3.8) is 0 Å². The number of furan rings is 4. The number of benzene rings is 11. The monoisotopic (exact) mass is 1930 g/mol. The number of aromatic carboxylic acids is 1. The zero-order valence-electron chi connectivity index (χ0n) is 70.4. The summed E-state index contributed by atoms with van der Waals surface area (Å²) in [5, 5.41) is 38.6. The second-order valence-electron chi connectivity index (χ2n) is 27.4. The summed E-state index contributed by atoms with van der Waals surface area (Å²) >= 11 is 6.38. The van der Waals surface area contributed by atoms with E-state index in [0.717, 1.165) is 27.8 Å². The minimum atomic E-state index is -1.40. The number of aliphatic carboxylic acids is 1. The Balaban J connectivity index is 0.000000223. The number of nitrogen functional groups attached to an aromatic ring is 1. The quantitative estimate of drug-likeness (QED) is 0.00677. The van der Waals surface area contributed by atoms with Gasteiger partial charge in [-0.05, 0) is 182 Å². The van der Waals surface area contributed by atoms with Crippen LogP contribution in [0.2, 0.25) is 0 Å². The van der Waals surface area contributed by atoms with Crippen LogP contribution in [0.15, 0.2) is 270 Å². The van der Waals surface area contributed by atoms with Gasteiger partial charge in [-0.2, -0.15) is 0 Å². The number of anilines is 2. The largest absolute Gasteiger partial charge is 1.00 e. The Morgan fingerprint density at radius 3 is 1.21 bits per heavy atom. The van der Waals surface area contributed by atoms with Gasteiger partial charge in [0, 0.05) is 53.3 Å². The molecular formula is C95H84BBr2ClF4LiN5O22. The molecule has 0 aliphatic heterocycles. The van der Waals surface area contributed by atoms with Crippen molar-refractivity contribution in [3.05, 3.63) is 337 Å². The number of hydrogen-bond acceptors (Lipinski definition) is 24.